The highest BCUT2D eigenvalue weighted by Crippen LogP contribution is 2.31. The molecule has 0 aliphatic heterocycles. The van der Waals surface area contributed by atoms with Crippen molar-refractivity contribution in [3.63, 3.8) is 0 Å². The number of amides is 1. The van der Waals surface area contributed by atoms with Crippen LogP contribution in [0.3, 0.4) is 0 Å². The van der Waals surface area contributed by atoms with Gasteiger partial charge in [-0.05, 0) is 61.4 Å². The van der Waals surface area contributed by atoms with Crippen LogP contribution < -0.4 is 16.0 Å². The Kier molecular flexibility index (Phi) is 9.80. The van der Waals surface area contributed by atoms with Crippen LogP contribution in [0.2, 0.25) is 0 Å². The number of fused-ring (bicyclic) bond motifs is 1. The zero-order valence-corrected chi connectivity index (χ0v) is 25.2. The van der Waals surface area contributed by atoms with Gasteiger partial charge in [0, 0.05) is 56.0 Å². The first-order chi connectivity index (χ1) is 21.1. The van der Waals surface area contributed by atoms with Crippen LogP contribution in [0.4, 0.5) is 24.9 Å². The van der Waals surface area contributed by atoms with E-state index in [0.29, 0.717) is 23.8 Å². The number of carbonyl (C=O) groups is 1. The van der Waals surface area contributed by atoms with Gasteiger partial charge in [-0.25, -0.2) is 9.97 Å². The molecule has 9 nitrogen and oxygen atoms in total. The summed E-state index contributed by atoms with van der Waals surface area (Å²) in [7, 11) is 3.49. The second kappa shape index (κ2) is 13.7. The van der Waals surface area contributed by atoms with Gasteiger partial charge >= 0.3 is 6.18 Å². The Morgan fingerprint density at radius 3 is 2.59 bits per heavy atom. The monoisotopic (exact) mass is 609 g/mol. The molecule has 1 fully saturated rings. The Hall–Kier alpha value is -4.03. The number of nitrogens with zero attached hydrogens (tertiary/aromatic N) is 4. The van der Waals surface area contributed by atoms with Crippen LogP contribution in [0.5, 0.6) is 0 Å². The van der Waals surface area contributed by atoms with E-state index < -0.39 is 17.6 Å². The third-order valence-electron chi connectivity index (χ3n) is 8.00. The van der Waals surface area contributed by atoms with Crippen LogP contribution in [0.25, 0.3) is 22.2 Å². The summed E-state index contributed by atoms with van der Waals surface area (Å²) >= 11 is 0. The van der Waals surface area contributed by atoms with Gasteiger partial charge < -0.3 is 20.7 Å². The average Bonchev–Trinajstić information content (AvgIpc) is 3.36. The van der Waals surface area contributed by atoms with E-state index in [2.05, 4.69) is 39.0 Å². The van der Waals surface area contributed by atoms with Gasteiger partial charge in [0.05, 0.1) is 29.8 Å². The number of nitrogens with one attached hydrogen (secondary N) is 3. The van der Waals surface area contributed by atoms with Gasteiger partial charge in [-0.1, -0.05) is 25.1 Å². The van der Waals surface area contributed by atoms with Crippen molar-refractivity contribution in [1.29, 1.82) is 0 Å². The zero-order valence-electron chi connectivity index (χ0n) is 25.2. The Bertz CT molecular complexity index is 1600. The predicted octanol–water partition coefficient (Wildman–Crippen LogP) is 5.75. The molecule has 0 unspecified atom stereocenters. The molecule has 1 aliphatic rings. The number of anilines is 2. The number of benzene rings is 2. The molecule has 0 spiro atoms. The highest BCUT2D eigenvalue weighted by Gasteiger charge is 2.30. The molecule has 2 aromatic heterocycles. The number of methoxy groups -OCH3 is 1. The molecule has 1 amide bonds. The van der Waals surface area contributed by atoms with E-state index in [4.69, 9.17) is 9.72 Å². The molecule has 1 saturated carbocycles. The van der Waals surface area contributed by atoms with Crippen molar-refractivity contribution in [2.24, 2.45) is 7.05 Å². The van der Waals surface area contributed by atoms with E-state index in [1.54, 1.807) is 24.9 Å². The smallest absolute Gasteiger partial charge is 0.383 e. The van der Waals surface area contributed by atoms with Crippen LogP contribution in [0, 0.1) is 0 Å². The maximum atomic E-state index is 13.1. The second-order valence-corrected chi connectivity index (χ2v) is 11.2. The third kappa shape index (κ3) is 7.72. The Morgan fingerprint density at radius 1 is 1.09 bits per heavy atom. The fraction of sp³-hybridized carbons (Fsp3) is 0.438. The highest BCUT2D eigenvalue weighted by atomic mass is 19.4. The molecule has 3 N–H and O–H groups in total. The highest BCUT2D eigenvalue weighted by molar-refractivity contribution is 5.92. The Balaban J connectivity index is 1.26. The molecular formula is C32H38F3N7O2. The summed E-state index contributed by atoms with van der Waals surface area (Å²) in [4.78, 5) is 22.1. The molecule has 44 heavy (non-hydrogen) atoms. The van der Waals surface area contributed by atoms with Crippen LogP contribution in [0.15, 0.2) is 48.7 Å². The SMILES string of the molecule is CCc1cc(-c2cc(NC(=O)Cc3cccc(C(F)(F)F)c3)nn2C)cc2cnc(NC3CCC(NCCOC)CC3)nc12. The molecule has 2 heterocycles. The maximum absolute atomic E-state index is 13.1. The minimum Gasteiger partial charge on any atom is -0.383 e. The first-order valence-electron chi connectivity index (χ1n) is 14.9. The van der Waals surface area contributed by atoms with Crippen molar-refractivity contribution in [3.05, 3.63) is 65.4 Å². The van der Waals surface area contributed by atoms with E-state index >= 15 is 0 Å². The summed E-state index contributed by atoms with van der Waals surface area (Å²) in [5.74, 6) is 0.491. The fourth-order valence-electron chi connectivity index (χ4n) is 5.72. The van der Waals surface area contributed by atoms with Gasteiger partial charge in [0.25, 0.3) is 0 Å². The van der Waals surface area contributed by atoms with Crippen LogP contribution >= 0.6 is 0 Å². The van der Waals surface area contributed by atoms with Crippen molar-refractivity contribution in [3.8, 4) is 11.3 Å². The quantitative estimate of drug-likeness (QED) is 0.186. The number of hydrogen-bond acceptors (Lipinski definition) is 7. The second-order valence-electron chi connectivity index (χ2n) is 11.2. The number of carbonyl (C=O) groups excluding carboxylic acids is 1. The molecule has 0 atom stereocenters. The van der Waals surface area contributed by atoms with E-state index in [1.165, 1.54) is 12.1 Å². The molecule has 2 aromatic carbocycles. The minimum absolute atomic E-state index is 0.202. The first kappa shape index (κ1) is 31.4. The molecule has 5 rings (SSSR count). The summed E-state index contributed by atoms with van der Waals surface area (Å²) in [6.45, 7) is 3.66. The molecule has 234 valence electrons. The largest absolute Gasteiger partial charge is 0.416 e. The molecule has 1 aliphatic carbocycles. The Labute approximate surface area is 254 Å². The normalized spacial score (nSPS) is 17.1. The predicted molar refractivity (Wildman–Crippen MR) is 164 cm³/mol. The van der Waals surface area contributed by atoms with E-state index in [-0.39, 0.29) is 12.0 Å². The summed E-state index contributed by atoms with van der Waals surface area (Å²) in [6, 6.07) is 11.4. The lowest BCUT2D eigenvalue weighted by Crippen LogP contribution is -2.38. The molecule has 12 heteroatoms. The van der Waals surface area contributed by atoms with E-state index in [9.17, 15) is 18.0 Å². The summed E-state index contributed by atoms with van der Waals surface area (Å²) in [5.41, 5.74) is 3.10. The number of aromatic nitrogens is 4. The number of aryl methyl sites for hydroxylation is 2. The standard InChI is InChI=1S/C32H38F3N7O2/c1-4-21-16-22(17-23-19-37-31(40-30(21)23)38-26-10-8-25(9-11-26)36-12-13-44-3)27-18-28(41-42(27)2)39-29(43)15-20-6-5-7-24(14-20)32(33,34)35/h5-7,14,16-19,25-26,36H,4,8-13,15H2,1-3H3,(H,37,38,40)(H,39,41,43). The number of ether oxygens (including phenoxy) is 1. The first-order valence-corrected chi connectivity index (χ1v) is 14.9. The lowest BCUT2D eigenvalue weighted by Gasteiger charge is -2.29. The van der Waals surface area contributed by atoms with Crippen molar-refractivity contribution in [1.82, 2.24) is 25.1 Å². The molecule has 0 bridgehead atoms. The lowest BCUT2D eigenvalue weighted by molar-refractivity contribution is -0.137. The van der Waals surface area contributed by atoms with Crippen LogP contribution in [-0.2, 0) is 35.6 Å². The van der Waals surface area contributed by atoms with Gasteiger partial charge in [-0.15, -0.1) is 0 Å². The zero-order chi connectivity index (χ0) is 31.3. The number of rotatable bonds is 11. The molecule has 0 saturated heterocycles. The van der Waals surface area contributed by atoms with Crippen LogP contribution in [0.1, 0.15) is 49.3 Å². The number of hydrogen-bond donors (Lipinski definition) is 3. The van der Waals surface area contributed by atoms with Crippen molar-refractivity contribution >= 4 is 28.6 Å². The van der Waals surface area contributed by atoms with E-state index in [1.807, 2.05) is 12.3 Å². The summed E-state index contributed by atoms with van der Waals surface area (Å²) in [6.07, 6.45) is 2.21. The summed E-state index contributed by atoms with van der Waals surface area (Å²) in [5, 5.41) is 15.1. The molecular weight excluding hydrogens is 571 g/mol. The maximum Gasteiger partial charge on any atom is 0.416 e. The van der Waals surface area contributed by atoms with Crippen molar-refractivity contribution < 1.29 is 22.7 Å². The lowest BCUT2D eigenvalue weighted by atomic mass is 9.91. The van der Waals surface area contributed by atoms with Crippen molar-refractivity contribution in [2.45, 2.75) is 63.7 Å². The van der Waals surface area contributed by atoms with Gasteiger partial charge in [0.1, 0.15) is 0 Å². The fourth-order valence-corrected chi connectivity index (χ4v) is 5.72. The summed E-state index contributed by atoms with van der Waals surface area (Å²) < 4.78 is 45.9. The molecule has 4 aromatic rings. The van der Waals surface area contributed by atoms with Crippen molar-refractivity contribution in [2.75, 3.05) is 30.9 Å². The number of halogens is 3. The minimum atomic E-state index is -4.47. The molecule has 0 radical (unpaired) electrons. The topological polar surface area (TPSA) is 106 Å². The van der Waals surface area contributed by atoms with Gasteiger partial charge in [-0.2, -0.15) is 18.3 Å². The third-order valence-corrected chi connectivity index (χ3v) is 8.00. The Morgan fingerprint density at radius 2 is 1.86 bits per heavy atom. The van der Waals surface area contributed by atoms with Gasteiger partial charge in [-0.3, -0.25) is 9.48 Å². The van der Waals surface area contributed by atoms with Crippen LogP contribution in [-0.4, -0.2) is 58.0 Å². The van der Waals surface area contributed by atoms with E-state index in [0.717, 1.165) is 85.1 Å². The van der Waals surface area contributed by atoms with Gasteiger partial charge in [0.2, 0.25) is 11.9 Å². The average molecular weight is 610 g/mol. The van der Waals surface area contributed by atoms with Gasteiger partial charge in [0.15, 0.2) is 5.82 Å². The number of alkyl halides is 3.